The van der Waals surface area contributed by atoms with Gasteiger partial charge in [-0.2, -0.15) is 4.72 Å². The molecule has 8 heteroatoms. The molecule has 1 unspecified atom stereocenters. The number of imidazole rings is 1. The molecule has 0 bridgehead atoms. The SMILES string of the molecule is Cn1ccnc1C(NS(=O)(=O)c1ccc(Cl)cc1)c1ccc(Cl)cc1. The Balaban J connectivity index is 2.02. The number of nitrogens with one attached hydrogen (secondary N) is 1. The van der Waals surface area contributed by atoms with Gasteiger partial charge in [-0.25, -0.2) is 13.4 Å². The lowest BCUT2D eigenvalue weighted by Gasteiger charge is -2.19. The summed E-state index contributed by atoms with van der Waals surface area (Å²) in [5, 5.41) is 1.04. The third-order valence-corrected chi connectivity index (χ3v) is 5.66. The molecule has 25 heavy (non-hydrogen) atoms. The number of nitrogens with zero attached hydrogens (tertiary/aromatic N) is 2. The van der Waals surface area contributed by atoms with Crippen LogP contribution in [-0.2, 0) is 17.1 Å². The standard InChI is InChI=1S/C17H15Cl2N3O2S/c1-22-11-10-20-17(22)16(12-2-4-13(18)5-3-12)21-25(23,24)15-8-6-14(19)7-9-15/h2-11,16,21H,1H3. The van der Waals surface area contributed by atoms with Crippen molar-refractivity contribution < 1.29 is 8.42 Å². The Bertz CT molecular complexity index is 968. The van der Waals surface area contributed by atoms with Crippen molar-refractivity contribution in [2.24, 2.45) is 7.05 Å². The van der Waals surface area contributed by atoms with E-state index in [0.29, 0.717) is 15.9 Å². The lowest BCUT2D eigenvalue weighted by Crippen LogP contribution is -2.31. The fraction of sp³-hybridized carbons (Fsp3) is 0.118. The number of aryl methyl sites for hydroxylation is 1. The molecule has 0 spiro atoms. The predicted octanol–water partition coefficient (Wildman–Crippen LogP) is 3.79. The van der Waals surface area contributed by atoms with Gasteiger partial charge in [0.05, 0.1) is 4.90 Å². The van der Waals surface area contributed by atoms with Crippen molar-refractivity contribution in [3.8, 4) is 0 Å². The van der Waals surface area contributed by atoms with Crippen molar-refractivity contribution in [1.82, 2.24) is 14.3 Å². The van der Waals surface area contributed by atoms with Crippen LogP contribution in [0.15, 0.2) is 65.8 Å². The summed E-state index contributed by atoms with van der Waals surface area (Å²) in [6, 6.07) is 12.3. The van der Waals surface area contributed by atoms with E-state index in [9.17, 15) is 8.42 Å². The zero-order valence-electron chi connectivity index (χ0n) is 13.2. The average Bonchev–Trinajstić information content (AvgIpc) is 3.00. The molecule has 0 aliphatic rings. The van der Waals surface area contributed by atoms with E-state index in [1.807, 2.05) is 7.05 Å². The Morgan fingerprint density at radius 3 is 2.08 bits per heavy atom. The number of hydrogen-bond donors (Lipinski definition) is 1. The number of benzene rings is 2. The highest BCUT2D eigenvalue weighted by Gasteiger charge is 2.25. The van der Waals surface area contributed by atoms with Crippen LogP contribution >= 0.6 is 23.2 Å². The molecule has 1 heterocycles. The van der Waals surface area contributed by atoms with Crippen LogP contribution in [0.25, 0.3) is 0 Å². The third-order valence-electron chi connectivity index (χ3n) is 3.72. The van der Waals surface area contributed by atoms with Crippen molar-refractivity contribution in [1.29, 1.82) is 0 Å². The largest absolute Gasteiger partial charge is 0.336 e. The quantitative estimate of drug-likeness (QED) is 0.714. The summed E-state index contributed by atoms with van der Waals surface area (Å²) in [6.45, 7) is 0. The fourth-order valence-electron chi connectivity index (χ4n) is 2.42. The molecule has 3 aromatic rings. The third kappa shape index (κ3) is 4.04. The van der Waals surface area contributed by atoms with Crippen molar-refractivity contribution >= 4 is 33.2 Å². The van der Waals surface area contributed by atoms with E-state index < -0.39 is 16.1 Å². The van der Waals surface area contributed by atoms with E-state index >= 15 is 0 Å². The van der Waals surface area contributed by atoms with Crippen molar-refractivity contribution in [3.05, 3.63) is 82.4 Å². The Kier molecular flexibility index (Phi) is 5.15. The average molecular weight is 396 g/mol. The van der Waals surface area contributed by atoms with Gasteiger partial charge in [0, 0.05) is 29.5 Å². The molecule has 0 saturated carbocycles. The van der Waals surface area contributed by atoms with E-state index in [4.69, 9.17) is 23.2 Å². The zero-order chi connectivity index (χ0) is 18.0. The van der Waals surface area contributed by atoms with Gasteiger partial charge in [-0.15, -0.1) is 0 Å². The highest BCUT2D eigenvalue weighted by Crippen LogP contribution is 2.25. The van der Waals surface area contributed by atoms with Crippen LogP contribution in [0.5, 0.6) is 0 Å². The van der Waals surface area contributed by atoms with Gasteiger partial charge in [0.1, 0.15) is 11.9 Å². The minimum atomic E-state index is -3.77. The molecule has 1 atom stereocenters. The van der Waals surface area contributed by atoms with E-state index in [-0.39, 0.29) is 4.90 Å². The van der Waals surface area contributed by atoms with E-state index in [2.05, 4.69) is 9.71 Å². The van der Waals surface area contributed by atoms with Crippen LogP contribution in [0.4, 0.5) is 0 Å². The zero-order valence-corrected chi connectivity index (χ0v) is 15.6. The monoisotopic (exact) mass is 395 g/mol. The first kappa shape index (κ1) is 17.9. The second-order valence-corrected chi connectivity index (χ2v) is 8.04. The lowest BCUT2D eigenvalue weighted by atomic mass is 10.1. The maximum Gasteiger partial charge on any atom is 0.241 e. The smallest absolute Gasteiger partial charge is 0.241 e. The highest BCUT2D eigenvalue weighted by molar-refractivity contribution is 7.89. The van der Waals surface area contributed by atoms with Gasteiger partial charge in [0.15, 0.2) is 0 Å². The number of hydrogen-bond acceptors (Lipinski definition) is 3. The Hall–Kier alpha value is -1.86. The number of rotatable bonds is 5. The molecule has 0 saturated heterocycles. The summed E-state index contributed by atoms with van der Waals surface area (Å²) < 4.78 is 30.0. The summed E-state index contributed by atoms with van der Waals surface area (Å²) in [7, 11) is -1.96. The Morgan fingerprint density at radius 2 is 1.56 bits per heavy atom. The maximum atomic E-state index is 12.8. The van der Waals surface area contributed by atoms with Gasteiger partial charge in [-0.05, 0) is 42.0 Å². The molecule has 0 amide bonds. The Labute approximate surface area is 156 Å². The summed E-state index contributed by atoms with van der Waals surface area (Å²) in [6.07, 6.45) is 3.38. The second-order valence-electron chi connectivity index (χ2n) is 5.46. The first-order chi connectivity index (χ1) is 11.9. The molecule has 0 fully saturated rings. The maximum absolute atomic E-state index is 12.8. The van der Waals surface area contributed by atoms with Crippen LogP contribution < -0.4 is 4.72 Å². The molecule has 1 aromatic heterocycles. The normalized spacial score (nSPS) is 12.9. The summed E-state index contributed by atoms with van der Waals surface area (Å²) >= 11 is 11.8. The van der Waals surface area contributed by atoms with Gasteiger partial charge in [-0.3, -0.25) is 0 Å². The van der Waals surface area contributed by atoms with E-state index in [1.54, 1.807) is 41.2 Å². The molecule has 3 rings (SSSR count). The minimum absolute atomic E-state index is 0.130. The molecular formula is C17H15Cl2N3O2S. The van der Waals surface area contributed by atoms with Gasteiger partial charge >= 0.3 is 0 Å². The Morgan fingerprint density at radius 1 is 1.00 bits per heavy atom. The van der Waals surface area contributed by atoms with Crippen molar-refractivity contribution in [2.75, 3.05) is 0 Å². The van der Waals surface area contributed by atoms with Crippen LogP contribution in [0.3, 0.4) is 0 Å². The van der Waals surface area contributed by atoms with Crippen LogP contribution in [-0.4, -0.2) is 18.0 Å². The highest BCUT2D eigenvalue weighted by atomic mass is 35.5. The van der Waals surface area contributed by atoms with Crippen LogP contribution in [0.1, 0.15) is 17.4 Å². The lowest BCUT2D eigenvalue weighted by molar-refractivity contribution is 0.563. The minimum Gasteiger partial charge on any atom is -0.336 e. The summed E-state index contributed by atoms with van der Waals surface area (Å²) in [4.78, 5) is 4.42. The fourth-order valence-corrected chi connectivity index (χ4v) is 3.85. The first-order valence-electron chi connectivity index (χ1n) is 7.37. The summed E-state index contributed by atoms with van der Waals surface area (Å²) in [5.41, 5.74) is 0.733. The predicted molar refractivity (Wildman–Crippen MR) is 98.3 cm³/mol. The number of aromatic nitrogens is 2. The van der Waals surface area contributed by atoms with Crippen molar-refractivity contribution in [2.45, 2.75) is 10.9 Å². The first-order valence-corrected chi connectivity index (χ1v) is 9.61. The van der Waals surface area contributed by atoms with Crippen molar-refractivity contribution in [3.63, 3.8) is 0 Å². The van der Waals surface area contributed by atoms with Gasteiger partial charge < -0.3 is 4.57 Å². The molecule has 2 aromatic carbocycles. The number of sulfonamides is 1. The molecule has 5 nitrogen and oxygen atoms in total. The second kappa shape index (κ2) is 7.17. The van der Waals surface area contributed by atoms with Gasteiger partial charge in [0.25, 0.3) is 0 Å². The molecule has 1 N–H and O–H groups in total. The molecular weight excluding hydrogens is 381 g/mol. The molecule has 0 radical (unpaired) electrons. The van der Waals surface area contributed by atoms with Crippen LogP contribution in [0.2, 0.25) is 10.0 Å². The topological polar surface area (TPSA) is 64.0 Å². The summed E-state index contributed by atoms with van der Waals surface area (Å²) in [5.74, 6) is 0.569. The molecule has 0 aliphatic heterocycles. The van der Waals surface area contributed by atoms with E-state index in [0.717, 1.165) is 5.56 Å². The van der Waals surface area contributed by atoms with E-state index in [1.165, 1.54) is 24.3 Å². The van der Waals surface area contributed by atoms with Gasteiger partial charge in [0.2, 0.25) is 10.0 Å². The van der Waals surface area contributed by atoms with Crippen LogP contribution in [0, 0.1) is 0 Å². The van der Waals surface area contributed by atoms with Gasteiger partial charge in [-0.1, -0.05) is 35.3 Å². The number of halogens is 2. The molecule has 0 aliphatic carbocycles. The molecule has 130 valence electrons.